The van der Waals surface area contributed by atoms with Crippen LogP contribution in [0.15, 0.2) is 59.5 Å². The van der Waals surface area contributed by atoms with Crippen LogP contribution in [0.4, 0.5) is 10.5 Å². The average Bonchev–Trinajstić information content (AvgIpc) is 2.66. The molecule has 8 heteroatoms. The predicted molar refractivity (Wildman–Crippen MR) is 110 cm³/mol. The summed E-state index contributed by atoms with van der Waals surface area (Å²) in [6.07, 6.45) is 0. The van der Waals surface area contributed by atoms with E-state index in [1.165, 1.54) is 4.90 Å². The van der Waals surface area contributed by atoms with E-state index in [0.29, 0.717) is 11.2 Å². The van der Waals surface area contributed by atoms with Gasteiger partial charge in [0, 0.05) is 37.4 Å². The van der Waals surface area contributed by atoms with Crippen LogP contribution in [-0.4, -0.2) is 38.4 Å². The van der Waals surface area contributed by atoms with Crippen LogP contribution < -0.4 is 10.0 Å². The number of pyridine rings is 1. The van der Waals surface area contributed by atoms with E-state index in [4.69, 9.17) is 0 Å². The molecule has 2 aromatic carbocycles. The second-order valence-corrected chi connectivity index (χ2v) is 8.37. The van der Waals surface area contributed by atoms with Gasteiger partial charge >= 0.3 is 6.03 Å². The predicted octanol–water partition coefficient (Wildman–Crippen LogP) is 3.12. The number of aromatic nitrogens is 1. The number of nitrogens with one attached hydrogen (secondary N) is 2. The average molecular weight is 398 g/mol. The Labute approximate surface area is 164 Å². The number of hydrogen-bond donors (Lipinski definition) is 2. The molecule has 0 saturated carbocycles. The smallest absolute Gasteiger partial charge is 0.321 e. The van der Waals surface area contributed by atoms with Crippen LogP contribution in [-0.2, 0) is 16.6 Å². The van der Waals surface area contributed by atoms with Crippen molar-refractivity contribution in [3.05, 3.63) is 65.9 Å². The van der Waals surface area contributed by atoms with Crippen molar-refractivity contribution in [3.63, 3.8) is 0 Å². The Morgan fingerprint density at radius 1 is 1.07 bits per heavy atom. The zero-order valence-electron chi connectivity index (χ0n) is 15.9. The Balaban J connectivity index is 1.81. The maximum absolute atomic E-state index is 12.9. The van der Waals surface area contributed by atoms with Gasteiger partial charge in [-0.15, -0.1) is 0 Å². The number of sulfonamides is 1. The summed E-state index contributed by atoms with van der Waals surface area (Å²) in [5.74, 6) is 0. The lowest BCUT2D eigenvalue weighted by atomic mass is 10.2. The largest absolute Gasteiger partial charge is 0.331 e. The Morgan fingerprint density at radius 2 is 1.82 bits per heavy atom. The van der Waals surface area contributed by atoms with Crippen LogP contribution >= 0.6 is 0 Å². The number of para-hydroxylation sites is 1. The van der Waals surface area contributed by atoms with Gasteiger partial charge in [-0.1, -0.05) is 30.3 Å². The molecule has 0 unspecified atom stereocenters. The standard InChI is InChI=1S/C20H22N4O3S/c1-14-10-11-16-7-5-9-18(19(16)22-14)28(26,27)21-13-15-6-4-8-17(12-15)23-20(25)24(2)3/h4-12,21H,13H2,1-3H3,(H,23,25). The first-order chi connectivity index (χ1) is 13.3. The molecule has 0 aliphatic carbocycles. The molecule has 0 aliphatic rings. The molecule has 0 fully saturated rings. The third-order valence-corrected chi connectivity index (χ3v) is 5.60. The highest BCUT2D eigenvalue weighted by Crippen LogP contribution is 2.22. The number of benzene rings is 2. The van der Waals surface area contributed by atoms with Gasteiger partial charge in [-0.05, 0) is 36.8 Å². The molecular formula is C20H22N4O3S. The highest BCUT2D eigenvalue weighted by Gasteiger charge is 2.18. The molecule has 3 aromatic rings. The maximum Gasteiger partial charge on any atom is 0.321 e. The van der Waals surface area contributed by atoms with Gasteiger partial charge in [0.1, 0.15) is 4.90 Å². The second kappa shape index (κ2) is 7.95. The summed E-state index contributed by atoms with van der Waals surface area (Å²) in [5, 5.41) is 3.51. The van der Waals surface area contributed by atoms with Gasteiger partial charge in [0.05, 0.1) is 5.52 Å². The number of aryl methyl sites for hydroxylation is 1. The molecule has 2 amide bonds. The summed E-state index contributed by atoms with van der Waals surface area (Å²) in [6.45, 7) is 1.92. The fourth-order valence-corrected chi connectivity index (χ4v) is 3.87. The summed E-state index contributed by atoms with van der Waals surface area (Å²) in [5.41, 5.74) is 2.52. The van der Waals surface area contributed by atoms with E-state index < -0.39 is 10.0 Å². The summed E-state index contributed by atoms with van der Waals surface area (Å²) in [4.78, 5) is 17.7. The minimum atomic E-state index is -3.76. The highest BCUT2D eigenvalue weighted by atomic mass is 32.2. The minimum absolute atomic E-state index is 0.0935. The van der Waals surface area contributed by atoms with Gasteiger partial charge in [-0.2, -0.15) is 0 Å². The summed E-state index contributed by atoms with van der Waals surface area (Å²) in [6, 6.07) is 15.6. The molecule has 146 valence electrons. The monoisotopic (exact) mass is 398 g/mol. The lowest BCUT2D eigenvalue weighted by Gasteiger charge is -2.13. The zero-order chi connectivity index (χ0) is 20.3. The summed E-state index contributed by atoms with van der Waals surface area (Å²) >= 11 is 0. The lowest BCUT2D eigenvalue weighted by molar-refractivity contribution is 0.230. The van der Waals surface area contributed by atoms with E-state index in [1.807, 2.05) is 25.1 Å². The second-order valence-electron chi connectivity index (χ2n) is 6.63. The van der Waals surface area contributed by atoms with Crippen LogP contribution in [0, 0.1) is 6.92 Å². The SMILES string of the molecule is Cc1ccc2cccc(S(=O)(=O)NCc3cccc(NC(=O)N(C)C)c3)c2n1. The van der Waals surface area contributed by atoms with Gasteiger partial charge in [-0.25, -0.2) is 17.9 Å². The van der Waals surface area contributed by atoms with E-state index >= 15 is 0 Å². The van der Waals surface area contributed by atoms with Crippen LogP contribution in [0.5, 0.6) is 0 Å². The van der Waals surface area contributed by atoms with E-state index in [9.17, 15) is 13.2 Å². The van der Waals surface area contributed by atoms with Crippen molar-refractivity contribution >= 4 is 32.6 Å². The molecule has 0 aliphatic heterocycles. The number of nitrogens with zero attached hydrogens (tertiary/aromatic N) is 2. The van der Waals surface area contributed by atoms with Crippen molar-refractivity contribution in [2.75, 3.05) is 19.4 Å². The van der Waals surface area contributed by atoms with Crippen LogP contribution in [0.25, 0.3) is 10.9 Å². The zero-order valence-corrected chi connectivity index (χ0v) is 16.7. The van der Waals surface area contributed by atoms with E-state index in [-0.39, 0.29) is 17.5 Å². The van der Waals surface area contributed by atoms with E-state index in [1.54, 1.807) is 50.5 Å². The van der Waals surface area contributed by atoms with E-state index in [0.717, 1.165) is 16.6 Å². The normalized spacial score (nSPS) is 11.4. The fourth-order valence-electron chi connectivity index (χ4n) is 2.68. The topological polar surface area (TPSA) is 91.4 Å². The molecule has 28 heavy (non-hydrogen) atoms. The number of rotatable bonds is 5. The molecule has 3 rings (SSSR count). The van der Waals surface area contributed by atoms with Crippen molar-refractivity contribution < 1.29 is 13.2 Å². The molecule has 0 spiro atoms. The highest BCUT2D eigenvalue weighted by molar-refractivity contribution is 7.89. The van der Waals surface area contributed by atoms with Crippen LogP contribution in [0.3, 0.4) is 0 Å². The molecule has 7 nitrogen and oxygen atoms in total. The number of amides is 2. The first-order valence-corrected chi connectivity index (χ1v) is 10.2. The number of fused-ring (bicyclic) bond motifs is 1. The van der Waals surface area contributed by atoms with Gasteiger partial charge in [-0.3, -0.25) is 4.98 Å². The molecule has 0 bridgehead atoms. The number of carbonyl (C=O) groups is 1. The maximum atomic E-state index is 12.9. The van der Waals surface area contributed by atoms with Crippen molar-refractivity contribution in [1.82, 2.24) is 14.6 Å². The Morgan fingerprint density at radius 3 is 2.57 bits per heavy atom. The molecule has 1 aromatic heterocycles. The first-order valence-electron chi connectivity index (χ1n) is 8.69. The fraction of sp³-hybridized carbons (Fsp3) is 0.200. The van der Waals surface area contributed by atoms with Crippen LogP contribution in [0.2, 0.25) is 0 Å². The van der Waals surface area contributed by atoms with Crippen molar-refractivity contribution in [2.24, 2.45) is 0 Å². The van der Waals surface area contributed by atoms with Gasteiger partial charge in [0.2, 0.25) is 10.0 Å². The number of urea groups is 1. The lowest BCUT2D eigenvalue weighted by Crippen LogP contribution is -2.27. The van der Waals surface area contributed by atoms with Crippen molar-refractivity contribution in [1.29, 1.82) is 0 Å². The quantitative estimate of drug-likeness (QED) is 0.691. The third kappa shape index (κ3) is 4.47. The Hall–Kier alpha value is -2.97. The van der Waals surface area contributed by atoms with Crippen molar-refractivity contribution in [2.45, 2.75) is 18.4 Å². The summed E-state index contributed by atoms with van der Waals surface area (Å²) in [7, 11) is -0.467. The molecule has 0 atom stereocenters. The molecular weight excluding hydrogens is 376 g/mol. The van der Waals surface area contributed by atoms with Gasteiger partial charge in [0.25, 0.3) is 0 Å². The molecule has 0 saturated heterocycles. The number of hydrogen-bond acceptors (Lipinski definition) is 4. The first kappa shape index (κ1) is 19.8. The summed E-state index contributed by atoms with van der Waals surface area (Å²) < 4.78 is 28.3. The molecule has 1 heterocycles. The molecule has 0 radical (unpaired) electrons. The number of carbonyl (C=O) groups excluding carboxylic acids is 1. The number of anilines is 1. The third-order valence-electron chi connectivity index (χ3n) is 4.16. The van der Waals surface area contributed by atoms with Gasteiger partial charge < -0.3 is 10.2 Å². The van der Waals surface area contributed by atoms with Gasteiger partial charge in [0.15, 0.2) is 0 Å². The minimum Gasteiger partial charge on any atom is -0.331 e. The molecule has 2 N–H and O–H groups in total. The van der Waals surface area contributed by atoms with Crippen molar-refractivity contribution in [3.8, 4) is 0 Å². The Kier molecular flexibility index (Phi) is 5.62. The van der Waals surface area contributed by atoms with Crippen LogP contribution in [0.1, 0.15) is 11.3 Å². The Bertz CT molecular complexity index is 1130. The van der Waals surface area contributed by atoms with E-state index in [2.05, 4.69) is 15.0 Å².